The van der Waals surface area contributed by atoms with E-state index >= 15 is 0 Å². The number of anilines is 1. The summed E-state index contributed by atoms with van der Waals surface area (Å²) in [6.45, 7) is 5.01. The number of halogens is 1. The van der Waals surface area contributed by atoms with Crippen LogP contribution in [0.1, 0.15) is 19.4 Å². The lowest BCUT2D eigenvalue weighted by molar-refractivity contribution is 0.624. The summed E-state index contributed by atoms with van der Waals surface area (Å²) in [5.41, 5.74) is 1.27. The van der Waals surface area contributed by atoms with Crippen LogP contribution in [-0.4, -0.2) is 16.5 Å². The molecule has 0 unspecified atom stereocenters. The molecule has 0 aliphatic heterocycles. The quantitative estimate of drug-likeness (QED) is 0.926. The minimum absolute atomic E-state index is 0.0287. The van der Waals surface area contributed by atoms with Crippen LogP contribution >= 0.6 is 0 Å². The van der Waals surface area contributed by atoms with Crippen molar-refractivity contribution in [2.75, 3.05) is 11.9 Å². The Labute approximate surface area is 117 Å². The maximum absolute atomic E-state index is 13.6. The third kappa shape index (κ3) is 3.29. The average Bonchev–Trinajstić information content (AvgIpc) is 2.45. The standard InChI is InChI=1S/C15H15FN4/c1-10(2)8-18-15-6-14(19-9-20-15)11-3-4-12(7-17)13(16)5-11/h3-6,9-10H,8H2,1-2H3,(H,18,19,20). The molecular formula is C15H15FN4. The molecular weight excluding hydrogens is 255 g/mol. The summed E-state index contributed by atoms with van der Waals surface area (Å²) in [7, 11) is 0. The van der Waals surface area contributed by atoms with E-state index in [1.807, 2.05) is 0 Å². The van der Waals surface area contributed by atoms with Crippen LogP contribution in [0.5, 0.6) is 0 Å². The van der Waals surface area contributed by atoms with E-state index in [0.29, 0.717) is 23.0 Å². The highest BCUT2D eigenvalue weighted by molar-refractivity contribution is 5.63. The first-order chi connectivity index (χ1) is 9.60. The van der Waals surface area contributed by atoms with E-state index in [0.717, 1.165) is 6.54 Å². The molecule has 4 nitrogen and oxygen atoms in total. The smallest absolute Gasteiger partial charge is 0.141 e. The molecule has 1 aromatic carbocycles. The van der Waals surface area contributed by atoms with Gasteiger partial charge in [0, 0.05) is 18.2 Å². The van der Waals surface area contributed by atoms with Gasteiger partial charge in [-0.05, 0) is 18.1 Å². The van der Waals surface area contributed by atoms with Crippen molar-refractivity contribution in [3.8, 4) is 17.3 Å². The van der Waals surface area contributed by atoms with Crippen molar-refractivity contribution in [1.82, 2.24) is 9.97 Å². The Bertz CT molecular complexity index is 647. The predicted molar refractivity (Wildman–Crippen MR) is 75.5 cm³/mol. The lowest BCUT2D eigenvalue weighted by Crippen LogP contribution is -2.09. The van der Waals surface area contributed by atoms with Crippen molar-refractivity contribution in [1.29, 1.82) is 5.26 Å². The summed E-state index contributed by atoms with van der Waals surface area (Å²) >= 11 is 0. The minimum Gasteiger partial charge on any atom is -0.370 e. The molecule has 0 radical (unpaired) electrons. The molecule has 1 aromatic heterocycles. The summed E-state index contributed by atoms with van der Waals surface area (Å²) in [6.07, 6.45) is 1.44. The van der Waals surface area contributed by atoms with Crippen LogP contribution in [0.25, 0.3) is 11.3 Å². The summed E-state index contributed by atoms with van der Waals surface area (Å²) in [5, 5.41) is 11.9. The van der Waals surface area contributed by atoms with Gasteiger partial charge in [-0.15, -0.1) is 0 Å². The number of aromatic nitrogens is 2. The first-order valence-electron chi connectivity index (χ1n) is 6.36. The van der Waals surface area contributed by atoms with Gasteiger partial charge in [-0.3, -0.25) is 0 Å². The lowest BCUT2D eigenvalue weighted by Gasteiger charge is -2.09. The fraction of sp³-hybridized carbons (Fsp3) is 0.267. The largest absolute Gasteiger partial charge is 0.370 e. The SMILES string of the molecule is CC(C)CNc1cc(-c2ccc(C#N)c(F)c2)ncn1. The number of hydrogen-bond donors (Lipinski definition) is 1. The molecule has 0 aliphatic rings. The van der Waals surface area contributed by atoms with Crippen LogP contribution in [0.15, 0.2) is 30.6 Å². The Morgan fingerprint density at radius 2 is 2.10 bits per heavy atom. The molecule has 0 saturated heterocycles. The van der Waals surface area contributed by atoms with E-state index in [9.17, 15) is 4.39 Å². The minimum atomic E-state index is -0.541. The first kappa shape index (κ1) is 13.9. The first-order valence-corrected chi connectivity index (χ1v) is 6.36. The second-order valence-electron chi connectivity index (χ2n) is 4.87. The normalized spacial score (nSPS) is 10.3. The van der Waals surface area contributed by atoms with Crippen molar-refractivity contribution in [2.24, 2.45) is 5.92 Å². The molecule has 0 fully saturated rings. The molecule has 0 spiro atoms. The van der Waals surface area contributed by atoms with E-state index in [-0.39, 0.29) is 5.56 Å². The van der Waals surface area contributed by atoms with Crippen LogP contribution in [-0.2, 0) is 0 Å². The molecule has 2 rings (SSSR count). The molecule has 1 heterocycles. The monoisotopic (exact) mass is 270 g/mol. The molecule has 1 N–H and O–H groups in total. The molecule has 20 heavy (non-hydrogen) atoms. The number of hydrogen-bond acceptors (Lipinski definition) is 4. The highest BCUT2D eigenvalue weighted by Crippen LogP contribution is 2.21. The fourth-order valence-electron chi connectivity index (χ4n) is 1.69. The topological polar surface area (TPSA) is 61.6 Å². The van der Waals surface area contributed by atoms with E-state index in [1.165, 1.54) is 18.5 Å². The molecule has 0 amide bonds. The molecule has 0 saturated carbocycles. The van der Waals surface area contributed by atoms with Gasteiger partial charge in [-0.1, -0.05) is 19.9 Å². The van der Waals surface area contributed by atoms with E-state index < -0.39 is 5.82 Å². The summed E-state index contributed by atoms with van der Waals surface area (Å²) in [6, 6.07) is 8.01. The molecule has 2 aromatic rings. The van der Waals surface area contributed by atoms with Crippen molar-refractivity contribution in [3.63, 3.8) is 0 Å². The molecule has 102 valence electrons. The second kappa shape index (κ2) is 6.11. The lowest BCUT2D eigenvalue weighted by atomic mass is 10.1. The van der Waals surface area contributed by atoms with Crippen LogP contribution in [0.2, 0.25) is 0 Å². The second-order valence-corrected chi connectivity index (χ2v) is 4.87. The zero-order chi connectivity index (χ0) is 14.5. The molecule has 0 atom stereocenters. The third-order valence-electron chi connectivity index (χ3n) is 2.74. The maximum atomic E-state index is 13.6. The van der Waals surface area contributed by atoms with Gasteiger partial charge in [0.1, 0.15) is 24.0 Å². The molecule has 0 aliphatic carbocycles. The van der Waals surface area contributed by atoms with Crippen LogP contribution in [0.4, 0.5) is 10.2 Å². The fourth-order valence-corrected chi connectivity index (χ4v) is 1.69. The number of benzene rings is 1. The van der Waals surface area contributed by atoms with E-state index in [4.69, 9.17) is 5.26 Å². The summed E-state index contributed by atoms with van der Waals surface area (Å²) < 4.78 is 13.6. The maximum Gasteiger partial charge on any atom is 0.141 e. The van der Waals surface area contributed by atoms with Crippen LogP contribution < -0.4 is 5.32 Å². The van der Waals surface area contributed by atoms with Gasteiger partial charge >= 0.3 is 0 Å². The van der Waals surface area contributed by atoms with Gasteiger partial charge in [0.05, 0.1) is 11.3 Å². The summed E-state index contributed by atoms with van der Waals surface area (Å²) in [4.78, 5) is 8.26. The van der Waals surface area contributed by atoms with E-state index in [1.54, 1.807) is 18.2 Å². The van der Waals surface area contributed by atoms with Gasteiger partial charge in [-0.2, -0.15) is 5.26 Å². The number of nitriles is 1. The number of nitrogens with zero attached hydrogens (tertiary/aromatic N) is 3. The summed E-state index contributed by atoms with van der Waals surface area (Å²) in [5.74, 6) is 0.662. The number of nitrogens with one attached hydrogen (secondary N) is 1. The highest BCUT2D eigenvalue weighted by Gasteiger charge is 2.07. The number of rotatable bonds is 4. The van der Waals surface area contributed by atoms with E-state index in [2.05, 4.69) is 29.1 Å². The zero-order valence-electron chi connectivity index (χ0n) is 11.4. The van der Waals surface area contributed by atoms with Gasteiger partial charge in [-0.25, -0.2) is 14.4 Å². The van der Waals surface area contributed by atoms with Gasteiger partial charge in [0.15, 0.2) is 0 Å². The van der Waals surface area contributed by atoms with Gasteiger partial charge in [0.25, 0.3) is 0 Å². The van der Waals surface area contributed by atoms with Crippen molar-refractivity contribution >= 4 is 5.82 Å². The Hall–Kier alpha value is -2.48. The molecule has 5 heteroatoms. The van der Waals surface area contributed by atoms with Crippen molar-refractivity contribution < 1.29 is 4.39 Å². The van der Waals surface area contributed by atoms with Crippen LogP contribution in [0.3, 0.4) is 0 Å². The van der Waals surface area contributed by atoms with Crippen LogP contribution in [0, 0.1) is 23.1 Å². The van der Waals surface area contributed by atoms with Gasteiger partial charge in [0.2, 0.25) is 0 Å². The Morgan fingerprint density at radius 3 is 2.75 bits per heavy atom. The van der Waals surface area contributed by atoms with Gasteiger partial charge < -0.3 is 5.32 Å². The Kier molecular flexibility index (Phi) is 4.26. The highest BCUT2D eigenvalue weighted by atomic mass is 19.1. The average molecular weight is 270 g/mol. The predicted octanol–water partition coefficient (Wildman–Crippen LogP) is 3.22. The Morgan fingerprint density at radius 1 is 1.30 bits per heavy atom. The molecule has 0 bridgehead atoms. The van der Waals surface area contributed by atoms with Crippen molar-refractivity contribution in [2.45, 2.75) is 13.8 Å². The Balaban J connectivity index is 2.27. The van der Waals surface area contributed by atoms with Crippen molar-refractivity contribution in [3.05, 3.63) is 42.0 Å². The zero-order valence-corrected chi connectivity index (χ0v) is 11.4. The third-order valence-corrected chi connectivity index (χ3v) is 2.74.